The van der Waals surface area contributed by atoms with E-state index >= 15 is 0 Å². The Bertz CT molecular complexity index is 1180. The first-order valence-corrected chi connectivity index (χ1v) is 12.9. The van der Waals surface area contributed by atoms with Crippen molar-refractivity contribution in [3.8, 4) is 0 Å². The molecular weight excluding hydrogens is 594 g/mol. The van der Waals surface area contributed by atoms with Crippen LogP contribution in [-0.2, 0) is 16.1 Å². The van der Waals surface area contributed by atoms with E-state index in [1.165, 1.54) is 24.3 Å². The summed E-state index contributed by atoms with van der Waals surface area (Å²) >= 11 is 13.3. The number of nitrogens with zero attached hydrogens (tertiary/aromatic N) is 3. The number of fused-ring (bicyclic) bond motifs is 5. The van der Waals surface area contributed by atoms with Crippen molar-refractivity contribution in [2.24, 2.45) is 23.7 Å². The number of benzene rings is 2. The summed E-state index contributed by atoms with van der Waals surface area (Å²) < 4.78 is 0. The molecule has 3 amide bonds. The van der Waals surface area contributed by atoms with E-state index < -0.39 is 40.2 Å². The topological polar surface area (TPSA) is 101 Å². The van der Waals surface area contributed by atoms with Crippen molar-refractivity contribution in [2.45, 2.75) is 22.6 Å². The highest BCUT2D eigenvalue weighted by molar-refractivity contribution is 9.12. The highest BCUT2D eigenvalue weighted by atomic mass is 79.9. The van der Waals surface area contributed by atoms with Crippen molar-refractivity contribution in [1.82, 2.24) is 10.0 Å². The molecule has 3 fully saturated rings. The van der Waals surface area contributed by atoms with E-state index in [0.717, 1.165) is 16.4 Å². The summed E-state index contributed by atoms with van der Waals surface area (Å²) in [6.45, 7) is -0.121. The van der Waals surface area contributed by atoms with Gasteiger partial charge in [0.1, 0.15) is 5.56 Å². The summed E-state index contributed by atoms with van der Waals surface area (Å²) in [6.07, 6.45) is 0.752. The van der Waals surface area contributed by atoms with E-state index in [2.05, 4.69) is 31.9 Å². The third kappa shape index (κ3) is 3.58. The molecule has 1 saturated heterocycles. The average molecular weight is 612 g/mol. The molecule has 176 valence electrons. The molecule has 2 aromatic rings. The van der Waals surface area contributed by atoms with Gasteiger partial charge in [-0.05, 0) is 42.0 Å². The summed E-state index contributed by atoms with van der Waals surface area (Å²) in [5.41, 5.74) is 0.0292. The molecular formula is C23H18Br2ClN3O5. The van der Waals surface area contributed by atoms with Crippen LogP contribution < -0.4 is 0 Å². The van der Waals surface area contributed by atoms with Crippen LogP contribution in [0.2, 0.25) is 5.02 Å². The van der Waals surface area contributed by atoms with Gasteiger partial charge in [0.15, 0.2) is 0 Å². The largest absolute Gasteiger partial charge is 0.282 e. The van der Waals surface area contributed by atoms with Crippen molar-refractivity contribution in [1.29, 1.82) is 0 Å². The first-order valence-electron chi connectivity index (χ1n) is 10.7. The van der Waals surface area contributed by atoms with Gasteiger partial charge in [-0.25, -0.2) is 5.01 Å². The lowest BCUT2D eigenvalue weighted by Crippen LogP contribution is -2.50. The number of alkyl halides is 2. The Morgan fingerprint density at radius 2 is 1.59 bits per heavy atom. The number of nitro benzene ring substituents is 1. The van der Waals surface area contributed by atoms with Crippen LogP contribution in [0.4, 0.5) is 5.69 Å². The Kier molecular flexibility index (Phi) is 6.02. The van der Waals surface area contributed by atoms with Crippen LogP contribution in [0.25, 0.3) is 0 Å². The van der Waals surface area contributed by atoms with E-state index in [1.54, 1.807) is 24.3 Å². The summed E-state index contributed by atoms with van der Waals surface area (Å²) in [6, 6.07) is 12.2. The molecule has 0 radical (unpaired) electrons. The Balaban J connectivity index is 1.56. The van der Waals surface area contributed by atoms with Crippen LogP contribution in [0, 0.1) is 33.8 Å². The van der Waals surface area contributed by atoms with Gasteiger partial charge in [0.25, 0.3) is 23.4 Å². The standard InChI is InChI=1S/C23H18Br2ClN3O5/c24-19-14-9-15(20(19)25)18-17(14)22(31)28(23(18)32)27(10-11-5-7-12(26)8-6-11)21(30)13-3-1-2-4-16(13)29(33)34/h1-8,14-15,17-20H,9-10H2/t14-,15-,17-,18+,19+,20+/m1/s1. The molecule has 3 aliphatic rings. The Labute approximate surface area is 216 Å². The molecule has 6 atom stereocenters. The molecule has 0 spiro atoms. The first-order chi connectivity index (χ1) is 16.2. The van der Waals surface area contributed by atoms with Crippen LogP contribution in [0.1, 0.15) is 22.3 Å². The van der Waals surface area contributed by atoms with Gasteiger partial charge in [-0.3, -0.25) is 24.5 Å². The number of amides is 3. The number of hydrogen-bond donors (Lipinski definition) is 0. The second-order valence-electron chi connectivity index (χ2n) is 8.76. The molecule has 2 bridgehead atoms. The molecule has 1 aliphatic heterocycles. The fourth-order valence-corrected chi connectivity index (χ4v) is 7.52. The smallest absolute Gasteiger partial charge is 0.272 e. The Hall–Kier alpha value is -2.30. The van der Waals surface area contributed by atoms with E-state index in [9.17, 15) is 24.5 Å². The van der Waals surface area contributed by atoms with Crippen molar-refractivity contribution >= 4 is 66.9 Å². The molecule has 2 saturated carbocycles. The van der Waals surface area contributed by atoms with Gasteiger partial charge in [0.2, 0.25) is 0 Å². The zero-order valence-corrected chi connectivity index (χ0v) is 21.4. The summed E-state index contributed by atoms with van der Waals surface area (Å²) in [7, 11) is 0. The summed E-state index contributed by atoms with van der Waals surface area (Å²) in [4.78, 5) is 51.9. The fraction of sp³-hybridized carbons (Fsp3) is 0.348. The van der Waals surface area contributed by atoms with Crippen LogP contribution in [0.5, 0.6) is 0 Å². The number of carbonyl (C=O) groups excluding carboxylic acids is 3. The molecule has 8 nitrogen and oxygen atoms in total. The zero-order chi connectivity index (χ0) is 24.3. The molecule has 1 heterocycles. The minimum absolute atomic E-state index is 0.0284. The first kappa shape index (κ1) is 23.4. The van der Waals surface area contributed by atoms with Gasteiger partial charge in [-0.1, -0.05) is 67.7 Å². The van der Waals surface area contributed by atoms with Crippen LogP contribution >= 0.6 is 43.5 Å². The summed E-state index contributed by atoms with van der Waals surface area (Å²) in [5, 5.41) is 14.0. The SMILES string of the molecule is O=C(c1ccccc1[N+](=O)[O-])N(Cc1ccc(Cl)cc1)N1C(=O)[C@@H]2[C@H]3C[C@@H]([C@H](Br)[C@H]3Br)[C@@H]2C1=O. The molecule has 11 heteroatoms. The molecule has 0 N–H and O–H groups in total. The van der Waals surface area contributed by atoms with E-state index in [-0.39, 0.29) is 33.6 Å². The normalized spacial score (nSPS) is 29.4. The molecule has 2 aromatic carbocycles. The van der Waals surface area contributed by atoms with Crippen LogP contribution in [-0.4, -0.2) is 42.3 Å². The number of hydrogen-bond acceptors (Lipinski definition) is 5. The number of halogens is 3. The number of imide groups is 1. The van der Waals surface area contributed by atoms with E-state index in [4.69, 9.17) is 11.6 Å². The maximum Gasteiger partial charge on any atom is 0.282 e. The lowest BCUT2D eigenvalue weighted by Gasteiger charge is -2.31. The number of para-hydroxylation sites is 1. The fourth-order valence-electron chi connectivity index (χ4n) is 5.52. The van der Waals surface area contributed by atoms with Gasteiger partial charge in [0.05, 0.1) is 23.3 Å². The number of rotatable bonds is 5. The predicted octanol–water partition coefficient (Wildman–Crippen LogP) is 4.58. The minimum atomic E-state index is -0.790. The maximum absolute atomic E-state index is 13.7. The van der Waals surface area contributed by atoms with Crippen molar-refractivity contribution in [3.05, 3.63) is 74.8 Å². The quantitative estimate of drug-likeness (QED) is 0.213. The van der Waals surface area contributed by atoms with Gasteiger partial charge < -0.3 is 0 Å². The second-order valence-corrected chi connectivity index (χ2v) is 11.3. The van der Waals surface area contributed by atoms with Gasteiger partial charge in [-0.2, -0.15) is 5.01 Å². The Morgan fingerprint density at radius 3 is 2.15 bits per heavy atom. The molecule has 0 unspecified atom stereocenters. The second kappa shape index (κ2) is 8.73. The van der Waals surface area contributed by atoms with Crippen molar-refractivity contribution in [3.63, 3.8) is 0 Å². The Morgan fingerprint density at radius 1 is 1.03 bits per heavy atom. The van der Waals surface area contributed by atoms with E-state index in [0.29, 0.717) is 10.6 Å². The van der Waals surface area contributed by atoms with Crippen LogP contribution in [0.3, 0.4) is 0 Å². The number of hydrazine groups is 1. The van der Waals surface area contributed by atoms with Crippen molar-refractivity contribution in [2.75, 3.05) is 0 Å². The monoisotopic (exact) mass is 609 g/mol. The molecule has 0 aromatic heterocycles. The molecule has 34 heavy (non-hydrogen) atoms. The number of carbonyl (C=O) groups is 3. The lowest BCUT2D eigenvalue weighted by atomic mass is 9.81. The summed E-state index contributed by atoms with van der Waals surface area (Å²) in [5.74, 6) is -2.77. The number of nitro groups is 1. The third-order valence-corrected chi connectivity index (χ3v) is 10.5. The lowest BCUT2D eigenvalue weighted by molar-refractivity contribution is -0.385. The van der Waals surface area contributed by atoms with Gasteiger partial charge >= 0.3 is 0 Å². The molecule has 2 aliphatic carbocycles. The average Bonchev–Trinajstić information content (AvgIpc) is 3.43. The highest BCUT2D eigenvalue weighted by Crippen LogP contribution is 2.60. The van der Waals surface area contributed by atoms with Gasteiger partial charge in [-0.15, -0.1) is 0 Å². The van der Waals surface area contributed by atoms with Gasteiger partial charge in [0, 0.05) is 20.7 Å². The third-order valence-electron chi connectivity index (χ3n) is 7.02. The van der Waals surface area contributed by atoms with Crippen molar-refractivity contribution < 1.29 is 19.3 Å². The zero-order valence-electron chi connectivity index (χ0n) is 17.5. The minimum Gasteiger partial charge on any atom is -0.272 e. The van der Waals surface area contributed by atoms with E-state index in [1.807, 2.05) is 0 Å². The molecule has 5 rings (SSSR count). The highest BCUT2D eigenvalue weighted by Gasteiger charge is 2.67. The predicted molar refractivity (Wildman–Crippen MR) is 130 cm³/mol. The van der Waals surface area contributed by atoms with Crippen LogP contribution in [0.15, 0.2) is 48.5 Å². The maximum atomic E-state index is 13.7.